The van der Waals surface area contributed by atoms with E-state index in [1.165, 1.54) is 0 Å². The second-order valence-electron chi connectivity index (χ2n) is 5.77. The number of aromatic nitrogens is 2. The molecular formula is C18H24N4O3. The number of amides is 2. The average molecular weight is 344 g/mol. The van der Waals surface area contributed by atoms with Crippen molar-refractivity contribution in [2.45, 2.75) is 33.6 Å². The van der Waals surface area contributed by atoms with Crippen molar-refractivity contribution >= 4 is 23.0 Å². The molecule has 0 unspecified atom stereocenters. The maximum absolute atomic E-state index is 12.2. The van der Waals surface area contributed by atoms with Gasteiger partial charge in [0.25, 0.3) is 5.91 Å². The Morgan fingerprint density at radius 1 is 1.04 bits per heavy atom. The number of benzene rings is 1. The van der Waals surface area contributed by atoms with E-state index in [0.29, 0.717) is 30.8 Å². The van der Waals surface area contributed by atoms with E-state index in [9.17, 15) is 9.59 Å². The van der Waals surface area contributed by atoms with E-state index in [-0.39, 0.29) is 5.91 Å². The van der Waals surface area contributed by atoms with Gasteiger partial charge in [0.15, 0.2) is 0 Å². The van der Waals surface area contributed by atoms with Crippen molar-refractivity contribution in [1.29, 1.82) is 0 Å². The number of fused-ring (bicyclic) bond motifs is 1. The highest BCUT2D eigenvalue weighted by molar-refractivity contribution is 5.97. The highest BCUT2D eigenvalue weighted by Gasteiger charge is 2.09. The molecule has 0 aliphatic carbocycles. The summed E-state index contributed by atoms with van der Waals surface area (Å²) in [6, 6.07) is 5.22. The van der Waals surface area contributed by atoms with Crippen LogP contribution in [0, 0.1) is 13.8 Å². The summed E-state index contributed by atoms with van der Waals surface area (Å²) >= 11 is 0. The van der Waals surface area contributed by atoms with Crippen LogP contribution in [0.5, 0.6) is 0 Å². The first-order valence-corrected chi connectivity index (χ1v) is 8.45. The van der Waals surface area contributed by atoms with Crippen LogP contribution in [-0.4, -0.2) is 41.7 Å². The number of aryl methyl sites for hydroxylation is 2. The standard InChI is InChI=1S/C18H24N4O3/c1-4-5-10-25-18(24)20-9-8-19-17(23)14-6-7-15-16(11-14)22-13(3)12(2)21-15/h6-7,11H,4-5,8-10H2,1-3H3,(H,19,23)(H,20,24). The van der Waals surface area contributed by atoms with Gasteiger partial charge in [-0.3, -0.25) is 4.79 Å². The predicted octanol–water partition coefficient (Wildman–Crippen LogP) is 2.50. The molecule has 0 aliphatic heterocycles. The van der Waals surface area contributed by atoms with Crippen molar-refractivity contribution in [2.24, 2.45) is 0 Å². The molecule has 1 aromatic heterocycles. The molecule has 0 aliphatic rings. The Balaban J connectivity index is 1.84. The minimum atomic E-state index is -0.463. The molecular weight excluding hydrogens is 320 g/mol. The number of ether oxygens (including phenoxy) is 1. The van der Waals surface area contributed by atoms with Crippen LogP contribution in [0.4, 0.5) is 4.79 Å². The third-order valence-corrected chi connectivity index (χ3v) is 3.75. The third kappa shape index (κ3) is 5.41. The van der Waals surface area contributed by atoms with E-state index in [2.05, 4.69) is 20.6 Å². The number of carbonyl (C=O) groups is 2. The van der Waals surface area contributed by atoms with Gasteiger partial charge >= 0.3 is 6.09 Å². The molecule has 25 heavy (non-hydrogen) atoms. The molecule has 2 amide bonds. The highest BCUT2D eigenvalue weighted by atomic mass is 16.5. The van der Waals surface area contributed by atoms with E-state index in [0.717, 1.165) is 29.7 Å². The zero-order valence-corrected chi connectivity index (χ0v) is 14.9. The van der Waals surface area contributed by atoms with Gasteiger partial charge in [0.05, 0.1) is 29.0 Å². The predicted molar refractivity (Wildman–Crippen MR) is 95.6 cm³/mol. The number of alkyl carbamates (subject to hydrolysis) is 1. The molecule has 1 aromatic carbocycles. The van der Waals surface area contributed by atoms with E-state index < -0.39 is 6.09 Å². The molecule has 134 valence electrons. The molecule has 2 N–H and O–H groups in total. The molecule has 7 nitrogen and oxygen atoms in total. The van der Waals surface area contributed by atoms with E-state index in [1.54, 1.807) is 18.2 Å². The Morgan fingerprint density at radius 3 is 2.44 bits per heavy atom. The van der Waals surface area contributed by atoms with Crippen LogP contribution >= 0.6 is 0 Å². The summed E-state index contributed by atoms with van der Waals surface area (Å²) in [5, 5.41) is 5.35. The van der Waals surface area contributed by atoms with Crippen molar-refractivity contribution in [3.05, 3.63) is 35.2 Å². The summed E-state index contributed by atoms with van der Waals surface area (Å²) < 4.78 is 4.97. The van der Waals surface area contributed by atoms with Gasteiger partial charge in [-0.05, 0) is 38.5 Å². The Bertz CT molecular complexity index is 761. The summed E-state index contributed by atoms with van der Waals surface area (Å²) in [5.41, 5.74) is 3.68. The van der Waals surface area contributed by atoms with E-state index in [4.69, 9.17) is 4.74 Å². The highest BCUT2D eigenvalue weighted by Crippen LogP contribution is 2.14. The first-order valence-electron chi connectivity index (χ1n) is 8.45. The van der Waals surface area contributed by atoms with Crippen molar-refractivity contribution < 1.29 is 14.3 Å². The first kappa shape index (κ1) is 18.6. The van der Waals surface area contributed by atoms with E-state index >= 15 is 0 Å². The zero-order valence-electron chi connectivity index (χ0n) is 14.9. The van der Waals surface area contributed by atoms with Crippen LogP contribution in [-0.2, 0) is 4.74 Å². The molecule has 0 bridgehead atoms. The molecule has 1 heterocycles. The lowest BCUT2D eigenvalue weighted by Gasteiger charge is -2.08. The van der Waals surface area contributed by atoms with Crippen LogP contribution in [0.25, 0.3) is 11.0 Å². The van der Waals surface area contributed by atoms with Crippen molar-refractivity contribution in [1.82, 2.24) is 20.6 Å². The van der Waals surface area contributed by atoms with Crippen LogP contribution in [0.2, 0.25) is 0 Å². The maximum atomic E-state index is 12.2. The largest absolute Gasteiger partial charge is 0.450 e. The Kier molecular flexibility index (Phi) is 6.68. The van der Waals surface area contributed by atoms with Crippen molar-refractivity contribution in [2.75, 3.05) is 19.7 Å². The molecule has 2 aromatic rings. The van der Waals surface area contributed by atoms with Crippen LogP contribution in [0.15, 0.2) is 18.2 Å². The first-order chi connectivity index (χ1) is 12.0. The fraction of sp³-hybridized carbons (Fsp3) is 0.444. The smallest absolute Gasteiger partial charge is 0.407 e. The number of rotatable bonds is 7. The van der Waals surface area contributed by atoms with Gasteiger partial charge < -0.3 is 15.4 Å². The van der Waals surface area contributed by atoms with Crippen LogP contribution in [0.1, 0.15) is 41.5 Å². The average Bonchev–Trinajstić information content (AvgIpc) is 2.59. The second-order valence-corrected chi connectivity index (χ2v) is 5.77. The summed E-state index contributed by atoms with van der Waals surface area (Å²) in [5.74, 6) is -0.219. The molecule has 0 spiro atoms. The number of unbranched alkanes of at least 4 members (excludes halogenated alkanes) is 1. The lowest BCUT2D eigenvalue weighted by Crippen LogP contribution is -2.35. The number of nitrogens with one attached hydrogen (secondary N) is 2. The number of hydrogen-bond acceptors (Lipinski definition) is 5. The normalized spacial score (nSPS) is 10.5. The van der Waals surface area contributed by atoms with Crippen molar-refractivity contribution in [3.63, 3.8) is 0 Å². The quantitative estimate of drug-likeness (QED) is 0.753. The lowest BCUT2D eigenvalue weighted by molar-refractivity contribution is 0.0952. The molecule has 0 fully saturated rings. The van der Waals surface area contributed by atoms with Crippen LogP contribution < -0.4 is 10.6 Å². The summed E-state index contributed by atoms with van der Waals surface area (Å²) in [6.45, 7) is 6.85. The Morgan fingerprint density at radius 2 is 1.72 bits per heavy atom. The molecule has 0 atom stereocenters. The van der Waals surface area contributed by atoms with Gasteiger partial charge in [0.2, 0.25) is 0 Å². The molecule has 7 heteroatoms. The fourth-order valence-electron chi connectivity index (χ4n) is 2.17. The topological polar surface area (TPSA) is 93.2 Å². The summed E-state index contributed by atoms with van der Waals surface area (Å²) in [6.07, 6.45) is 1.35. The van der Waals surface area contributed by atoms with Gasteiger partial charge in [-0.15, -0.1) is 0 Å². The Labute approximate surface area is 147 Å². The fourth-order valence-corrected chi connectivity index (χ4v) is 2.17. The molecule has 0 radical (unpaired) electrons. The number of nitrogens with zero attached hydrogens (tertiary/aromatic N) is 2. The third-order valence-electron chi connectivity index (χ3n) is 3.75. The SMILES string of the molecule is CCCCOC(=O)NCCNC(=O)c1ccc2nc(C)c(C)nc2c1. The minimum absolute atomic E-state index is 0.219. The molecule has 2 rings (SSSR count). The number of hydrogen-bond donors (Lipinski definition) is 2. The van der Waals surface area contributed by atoms with Crippen LogP contribution in [0.3, 0.4) is 0 Å². The summed E-state index contributed by atoms with van der Waals surface area (Å²) in [7, 11) is 0. The van der Waals surface area contributed by atoms with E-state index in [1.807, 2.05) is 20.8 Å². The lowest BCUT2D eigenvalue weighted by atomic mass is 10.1. The Hall–Kier alpha value is -2.70. The van der Waals surface area contributed by atoms with Gasteiger partial charge in [-0.25, -0.2) is 14.8 Å². The maximum Gasteiger partial charge on any atom is 0.407 e. The second kappa shape index (κ2) is 8.96. The summed E-state index contributed by atoms with van der Waals surface area (Å²) in [4.78, 5) is 32.5. The zero-order chi connectivity index (χ0) is 18.2. The van der Waals surface area contributed by atoms with Gasteiger partial charge in [0.1, 0.15) is 0 Å². The van der Waals surface area contributed by atoms with Gasteiger partial charge in [-0.2, -0.15) is 0 Å². The number of carbonyl (C=O) groups excluding carboxylic acids is 2. The van der Waals surface area contributed by atoms with Crippen molar-refractivity contribution in [3.8, 4) is 0 Å². The molecule has 0 saturated carbocycles. The van der Waals surface area contributed by atoms with Gasteiger partial charge in [-0.1, -0.05) is 13.3 Å². The monoisotopic (exact) mass is 344 g/mol. The molecule has 0 saturated heterocycles. The van der Waals surface area contributed by atoms with Gasteiger partial charge in [0, 0.05) is 18.7 Å². The minimum Gasteiger partial charge on any atom is -0.450 e.